The molecule has 0 bridgehead atoms. The fourth-order valence-corrected chi connectivity index (χ4v) is 3.97. The Labute approximate surface area is 156 Å². The van der Waals surface area contributed by atoms with Crippen molar-refractivity contribution < 1.29 is 9.59 Å². The molecule has 2 aliphatic rings. The van der Waals surface area contributed by atoms with E-state index >= 15 is 0 Å². The largest absolute Gasteiger partial charge is 0.336 e. The Balaban J connectivity index is 1.71. The fraction of sp³-hybridized carbons (Fsp3) is 0.650. The van der Waals surface area contributed by atoms with Crippen LogP contribution in [0.15, 0.2) is 18.3 Å². The summed E-state index contributed by atoms with van der Waals surface area (Å²) in [6, 6.07) is 3.69. The second kappa shape index (κ2) is 8.62. The van der Waals surface area contributed by atoms with E-state index in [9.17, 15) is 9.59 Å². The molecule has 142 valence electrons. The molecule has 1 aromatic heterocycles. The minimum atomic E-state index is -0.0398. The fourth-order valence-electron chi connectivity index (χ4n) is 3.97. The maximum absolute atomic E-state index is 12.9. The van der Waals surface area contributed by atoms with E-state index in [1.807, 2.05) is 9.80 Å². The third kappa shape index (κ3) is 4.06. The average Bonchev–Trinajstić information content (AvgIpc) is 2.72. The molecule has 0 radical (unpaired) electrons. The van der Waals surface area contributed by atoms with Crippen molar-refractivity contribution in [3.63, 3.8) is 0 Å². The normalized spacial score (nSPS) is 21.7. The van der Waals surface area contributed by atoms with Gasteiger partial charge in [0.15, 0.2) is 0 Å². The van der Waals surface area contributed by atoms with E-state index < -0.39 is 0 Å². The molecule has 6 nitrogen and oxygen atoms in total. The van der Waals surface area contributed by atoms with E-state index in [-0.39, 0.29) is 11.8 Å². The minimum absolute atomic E-state index is 0.00267. The molecule has 1 atom stereocenters. The van der Waals surface area contributed by atoms with Gasteiger partial charge in [-0.2, -0.15) is 0 Å². The summed E-state index contributed by atoms with van der Waals surface area (Å²) in [4.78, 5) is 36.2. The van der Waals surface area contributed by atoms with Gasteiger partial charge in [-0.15, -0.1) is 0 Å². The molecule has 3 heterocycles. The van der Waals surface area contributed by atoms with Crippen molar-refractivity contribution >= 4 is 11.8 Å². The number of piperazine rings is 1. The molecule has 2 aliphatic heterocycles. The Bertz CT molecular complexity index is 640. The van der Waals surface area contributed by atoms with Crippen LogP contribution in [0.2, 0.25) is 0 Å². The zero-order valence-corrected chi connectivity index (χ0v) is 16.0. The lowest BCUT2D eigenvalue weighted by atomic mass is 9.99. The number of piperidine rings is 1. The lowest BCUT2D eigenvalue weighted by Gasteiger charge is -2.35. The number of likely N-dealkylation sites (tertiary alicyclic amines) is 1. The Morgan fingerprint density at radius 3 is 2.54 bits per heavy atom. The van der Waals surface area contributed by atoms with Crippen molar-refractivity contribution in [1.29, 1.82) is 0 Å². The molecule has 3 rings (SSSR count). The third-order valence-corrected chi connectivity index (χ3v) is 5.69. The van der Waals surface area contributed by atoms with E-state index in [1.165, 1.54) is 6.42 Å². The predicted molar refractivity (Wildman–Crippen MR) is 101 cm³/mol. The predicted octanol–water partition coefficient (Wildman–Crippen LogP) is 2.26. The van der Waals surface area contributed by atoms with Gasteiger partial charge in [0.25, 0.3) is 11.8 Å². The van der Waals surface area contributed by atoms with Crippen LogP contribution in [-0.2, 0) is 0 Å². The van der Waals surface area contributed by atoms with Crippen molar-refractivity contribution in [2.45, 2.75) is 45.6 Å². The first-order valence-corrected chi connectivity index (χ1v) is 9.92. The summed E-state index contributed by atoms with van der Waals surface area (Å²) in [6.45, 7) is 9.36. The van der Waals surface area contributed by atoms with Gasteiger partial charge < -0.3 is 14.7 Å². The molecular formula is C20H30N4O2. The number of rotatable bonds is 4. The molecule has 2 saturated heterocycles. The summed E-state index contributed by atoms with van der Waals surface area (Å²) in [5.41, 5.74) is 0.960. The van der Waals surface area contributed by atoms with Gasteiger partial charge in [0.1, 0.15) is 5.69 Å². The highest BCUT2D eigenvalue weighted by atomic mass is 16.2. The summed E-state index contributed by atoms with van der Waals surface area (Å²) in [6.07, 6.45) is 5.84. The van der Waals surface area contributed by atoms with E-state index in [0.29, 0.717) is 17.3 Å². The number of carbonyl (C=O) groups is 2. The van der Waals surface area contributed by atoms with E-state index in [0.717, 1.165) is 58.5 Å². The lowest BCUT2D eigenvalue weighted by molar-refractivity contribution is 0.0601. The van der Waals surface area contributed by atoms with Crippen LogP contribution in [0.3, 0.4) is 0 Å². The Morgan fingerprint density at radius 1 is 1.08 bits per heavy atom. The average molecular weight is 358 g/mol. The molecule has 0 spiro atoms. The first kappa shape index (κ1) is 18.8. The first-order valence-electron chi connectivity index (χ1n) is 9.92. The topological polar surface area (TPSA) is 56.8 Å². The number of nitrogens with zero attached hydrogens (tertiary/aromatic N) is 4. The number of hydrogen-bond donors (Lipinski definition) is 0. The lowest BCUT2D eigenvalue weighted by Crippen LogP contribution is -2.48. The van der Waals surface area contributed by atoms with Gasteiger partial charge in [-0.05, 0) is 44.4 Å². The molecule has 26 heavy (non-hydrogen) atoms. The van der Waals surface area contributed by atoms with Crippen LogP contribution in [-0.4, -0.2) is 76.8 Å². The smallest absolute Gasteiger partial charge is 0.272 e. The maximum Gasteiger partial charge on any atom is 0.272 e. The molecular weight excluding hydrogens is 328 g/mol. The van der Waals surface area contributed by atoms with Crippen LogP contribution < -0.4 is 0 Å². The number of likely N-dealkylation sites (N-methyl/N-ethyl adjacent to an activating group) is 1. The molecule has 0 aliphatic carbocycles. The molecule has 0 saturated carbocycles. The van der Waals surface area contributed by atoms with Gasteiger partial charge >= 0.3 is 0 Å². The number of pyridine rings is 1. The highest BCUT2D eigenvalue weighted by Crippen LogP contribution is 2.21. The quantitative estimate of drug-likeness (QED) is 0.828. The monoisotopic (exact) mass is 358 g/mol. The van der Waals surface area contributed by atoms with Crippen molar-refractivity contribution in [2.24, 2.45) is 0 Å². The summed E-state index contributed by atoms with van der Waals surface area (Å²) in [5.74, 6) is -0.0371. The number of carbonyl (C=O) groups excluding carboxylic acids is 2. The van der Waals surface area contributed by atoms with Gasteiger partial charge in [0.05, 0.1) is 0 Å². The minimum Gasteiger partial charge on any atom is -0.336 e. The summed E-state index contributed by atoms with van der Waals surface area (Å²) >= 11 is 0. The number of amides is 2. The second-order valence-corrected chi connectivity index (χ2v) is 7.21. The van der Waals surface area contributed by atoms with Crippen LogP contribution in [0, 0.1) is 0 Å². The number of hydrogen-bond acceptors (Lipinski definition) is 4. The van der Waals surface area contributed by atoms with E-state index in [1.54, 1.807) is 18.3 Å². The molecule has 6 heteroatoms. The first-order chi connectivity index (χ1) is 12.6. The van der Waals surface area contributed by atoms with E-state index in [2.05, 4.69) is 23.7 Å². The van der Waals surface area contributed by atoms with Crippen molar-refractivity contribution in [1.82, 2.24) is 19.7 Å². The van der Waals surface area contributed by atoms with Gasteiger partial charge in [0.2, 0.25) is 0 Å². The van der Waals surface area contributed by atoms with Gasteiger partial charge in [-0.3, -0.25) is 14.6 Å². The van der Waals surface area contributed by atoms with Crippen LogP contribution in [0.4, 0.5) is 0 Å². The highest BCUT2D eigenvalue weighted by molar-refractivity contribution is 5.98. The van der Waals surface area contributed by atoms with Gasteiger partial charge in [-0.1, -0.05) is 13.8 Å². The summed E-state index contributed by atoms with van der Waals surface area (Å²) < 4.78 is 0. The zero-order valence-electron chi connectivity index (χ0n) is 16.0. The zero-order chi connectivity index (χ0) is 18.5. The Hall–Kier alpha value is -1.95. The Kier molecular flexibility index (Phi) is 6.25. The third-order valence-electron chi connectivity index (χ3n) is 5.69. The van der Waals surface area contributed by atoms with Crippen molar-refractivity contribution in [2.75, 3.05) is 39.3 Å². The van der Waals surface area contributed by atoms with Gasteiger partial charge in [-0.25, -0.2) is 0 Å². The van der Waals surface area contributed by atoms with Crippen LogP contribution in [0.1, 0.15) is 60.4 Å². The van der Waals surface area contributed by atoms with Crippen molar-refractivity contribution in [3.8, 4) is 0 Å². The molecule has 2 amide bonds. The number of aromatic nitrogens is 1. The van der Waals surface area contributed by atoms with Gasteiger partial charge in [0, 0.05) is 50.5 Å². The molecule has 0 aromatic carbocycles. The SMILES string of the molecule is CCC1CCCCN1C(=O)c1cc(C(=O)N2CCN(CC)CC2)ccn1. The van der Waals surface area contributed by atoms with Crippen LogP contribution in [0.25, 0.3) is 0 Å². The summed E-state index contributed by atoms with van der Waals surface area (Å²) in [5, 5.41) is 0. The Morgan fingerprint density at radius 2 is 1.85 bits per heavy atom. The molecule has 0 N–H and O–H groups in total. The van der Waals surface area contributed by atoms with Crippen LogP contribution >= 0.6 is 0 Å². The highest BCUT2D eigenvalue weighted by Gasteiger charge is 2.28. The second-order valence-electron chi connectivity index (χ2n) is 7.21. The molecule has 2 fully saturated rings. The van der Waals surface area contributed by atoms with E-state index in [4.69, 9.17) is 0 Å². The molecule has 1 unspecified atom stereocenters. The van der Waals surface area contributed by atoms with Crippen molar-refractivity contribution in [3.05, 3.63) is 29.6 Å². The standard InChI is InChI=1S/C20H30N4O2/c1-3-17-7-5-6-10-24(17)20(26)18-15-16(8-9-21-18)19(25)23-13-11-22(4-2)12-14-23/h8-9,15,17H,3-7,10-14H2,1-2H3. The maximum atomic E-state index is 12.9. The molecule has 1 aromatic rings. The summed E-state index contributed by atoms with van der Waals surface area (Å²) in [7, 11) is 0. The van der Waals surface area contributed by atoms with Crippen LogP contribution in [0.5, 0.6) is 0 Å².